The molecule has 0 saturated heterocycles. The van der Waals surface area contributed by atoms with Crippen LogP contribution < -0.4 is 0 Å². The molecule has 0 atom stereocenters. The summed E-state index contributed by atoms with van der Waals surface area (Å²) in [5, 5.41) is 0. The SMILES string of the molecule is O=C=NCCOC1CC1. The van der Waals surface area contributed by atoms with Crippen molar-refractivity contribution in [2.45, 2.75) is 18.9 Å². The second-order valence-corrected chi connectivity index (χ2v) is 2.04. The van der Waals surface area contributed by atoms with E-state index in [0.717, 1.165) is 0 Å². The van der Waals surface area contributed by atoms with Crippen LogP contribution in [0.4, 0.5) is 0 Å². The lowest BCUT2D eigenvalue weighted by atomic mass is 10.7. The molecule has 0 aliphatic heterocycles. The molecule has 50 valence electrons. The van der Waals surface area contributed by atoms with Gasteiger partial charge >= 0.3 is 0 Å². The molecule has 0 amide bonds. The molecule has 0 aromatic rings. The molecule has 0 N–H and O–H groups in total. The Labute approximate surface area is 53.7 Å². The molecule has 0 unspecified atom stereocenters. The summed E-state index contributed by atoms with van der Waals surface area (Å²) in [6, 6.07) is 0. The van der Waals surface area contributed by atoms with Crippen LogP contribution in [0.5, 0.6) is 0 Å². The Morgan fingerprint density at radius 2 is 2.44 bits per heavy atom. The van der Waals surface area contributed by atoms with E-state index < -0.39 is 0 Å². The lowest BCUT2D eigenvalue weighted by Crippen LogP contribution is -1.98. The lowest BCUT2D eigenvalue weighted by molar-refractivity contribution is 0.127. The second kappa shape index (κ2) is 3.38. The van der Waals surface area contributed by atoms with E-state index in [4.69, 9.17) is 4.74 Å². The zero-order valence-electron chi connectivity index (χ0n) is 5.17. The van der Waals surface area contributed by atoms with Crippen LogP contribution in [0.2, 0.25) is 0 Å². The largest absolute Gasteiger partial charge is 0.376 e. The summed E-state index contributed by atoms with van der Waals surface area (Å²) in [6.45, 7) is 1.03. The first kappa shape index (κ1) is 6.46. The van der Waals surface area contributed by atoms with Gasteiger partial charge in [0.25, 0.3) is 0 Å². The van der Waals surface area contributed by atoms with Crippen molar-refractivity contribution in [1.29, 1.82) is 0 Å². The van der Waals surface area contributed by atoms with Crippen molar-refractivity contribution < 1.29 is 9.53 Å². The third kappa shape index (κ3) is 3.01. The normalized spacial score (nSPS) is 16.9. The highest BCUT2D eigenvalue weighted by Gasteiger charge is 2.21. The number of nitrogens with zero attached hydrogens (tertiary/aromatic N) is 1. The van der Waals surface area contributed by atoms with Crippen molar-refractivity contribution in [3.63, 3.8) is 0 Å². The quantitative estimate of drug-likeness (QED) is 0.313. The van der Waals surface area contributed by atoms with E-state index in [1.807, 2.05) is 0 Å². The van der Waals surface area contributed by atoms with E-state index in [2.05, 4.69) is 4.99 Å². The molecular formula is C6H9NO2. The van der Waals surface area contributed by atoms with Gasteiger partial charge in [0.15, 0.2) is 0 Å². The maximum Gasteiger partial charge on any atom is 0.235 e. The zero-order valence-corrected chi connectivity index (χ0v) is 5.17. The monoisotopic (exact) mass is 127 g/mol. The van der Waals surface area contributed by atoms with E-state index >= 15 is 0 Å². The van der Waals surface area contributed by atoms with Gasteiger partial charge < -0.3 is 4.74 Å². The number of rotatable bonds is 4. The summed E-state index contributed by atoms with van der Waals surface area (Å²) < 4.78 is 5.18. The average molecular weight is 127 g/mol. The van der Waals surface area contributed by atoms with Crippen LogP contribution in [-0.2, 0) is 9.53 Å². The Balaban J connectivity index is 1.86. The fourth-order valence-corrected chi connectivity index (χ4v) is 0.545. The molecule has 1 aliphatic carbocycles. The Bertz CT molecular complexity index is 125. The Morgan fingerprint density at radius 3 is 3.00 bits per heavy atom. The molecule has 1 saturated carbocycles. The van der Waals surface area contributed by atoms with Gasteiger partial charge in [0.05, 0.1) is 19.3 Å². The number of isocyanates is 1. The van der Waals surface area contributed by atoms with Gasteiger partial charge in [0.1, 0.15) is 0 Å². The summed E-state index contributed by atoms with van der Waals surface area (Å²) in [7, 11) is 0. The highest BCUT2D eigenvalue weighted by molar-refractivity contribution is 5.32. The minimum atomic E-state index is 0.458. The topological polar surface area (TPSA) is 38.7 Å². The van der Waals surface area contributed by atoms with Crippen LogP contribution in [0, 0.1) is 0 Å². The van der Waals surface area contributed by atoms with E-state index in [-0.39, 0.29) is 0 Å². The molecule has 0 radical (unpaired) electrons. The zero-order chi connectivity index (χ0) is 6.53. The van der Waals surface area contributed by atoms with Gasteiger partial charge in [0.2, 0.25) is 6.08 Å². The van der Waals surface area contributed by atoms with E-state index in [1.54, 1.807) is 0 Å². The van der Waals surface area contributed by atoms with Crippen molar-refractivity contribution in [1.82, 2.24) is 0 Å². The minimum absolute atomic E-state index is 0.458. The fraction of sp³-hybridized carbons (Fsp3) is 0.833. The van der Waals surface area contributed by atoms with E-state index in [9.17, 15) is 4.79 Å². The highest BCUT2D eigenvalue weighted by Crippen LogP contribution is 2.22. The summed E-state index contributed by atoms with van der Waals surface area (Å²) >= 11 is 0. The number of hydrogen-bond donors (Lipinski definition) is 0. The molecular weight excluding hydrogens is 118 g/mol. The third-order valence-corrected chi connectivity index (χ3v) is 1.15. The smallest absolute Gasteiger partial charge is 0.235 e. The maximum absolute atomic E-state index is 9.52. The standard InChI is InChI=1S/C6H9NO2/c8-5-7-3-4-9-6-1-2-6/h6H,1-4H2. The third-order valence-electron chi connectivity index (χ3n) is 1.15. The first-order chi connectivity index (χ1) is 4.43. The molecule has 0 spiro atoms. The van der Waals surface area contributed by atoms with E-state index in [0.29, 0.717) is 19.3 Å². The summed E-state index contributed by atoms with van der Waals surface area (Å²) in [6.07, 6.45) is 4.26. The molecule has 0 aromatic carbocycles. The van der Waals surface area contributed by atoms with Crippen molar-refractivity contribution in [2.75, 3.05) is 13.2 Å². The average Bonchev–Trinajstić information content (AvgIpc) is 2.63. The molecule has 3 heteroatoms. The van der Waals surface area contributed by atoms with E-state index in [1.165, 1.54) is 18.9 Å². The summed E-state index contributed by atoms with van der Waals surface area (Å²) in [4.78, 5) is 12.9. The molecule has 0 bridgehead atoms. The molecule has 0 heterocycles. The van der Waals surface area contributed by atoms with Crippen LogP contribution in [-0.4, -0.2) is 25.3 Å². The number of carbonyl (C=O) groups excluding carboxylic acids is 1. The van der Waals surface area contributed by atoms with Crippen LogP contribution in [0.15, 0.2) is 4.99 Å². The lowest BCUT2D eigenvalue weighted by Gasteiger charge is -1.94. The fourth-order valence-electron chi connectivity index (χ4n) is 0.545. The van der Waals surface area contributed by atoms with Crippen molar-refractivity contribution in [2.24, 2.45) is 4.99 Å². The first-order valence-corrected chi connectivity index (χ1v) is 3.08. The maximum atomic E-state index is 9.52. The first-order valence-electron chi connectivity index (χ1n) is 3.08. The molecule has 0 aromatic heterocycles. The molecule has 1 aliphatic rings. The molecule has 9 heavy (non-hydrogen) atoms. The number of hydrogen-bond acceptors (Lipinski definition) is 3. The van der Waals surface area contributed by atoms with Gasteiger partial charge in [-0.2, -0.15) is 0 Å². The van der Waals surface area contributed by atoms with Gasteiger partial charge in [-0.3, -0.25) is 0 Å². The van der Waals surface area contributed by atoms with Gasteiger partial charge in [-0.15, -0.1) is 0 Å². The van der Waals surface area contributed by atoms with Crippen LogP contribution in [0.1, 0.15) is 12.8 Å². The minimum Gasteiger partial charge on any atom is -0.376 e. The van der Waals surface area contributed by atoms with Gasteiger partial charge in [0, 0.05) is 0 Å². The van der Waals surface area contributed by atoms with Gasteiger partial charge in [-0.25, -0.2) is 9.79 Å². The molecule has 3 nitrogen and oxygen atoms in total. The predicted octanol–water partition coefficient (Wildman–Crippen LogP) is 0.501. The van der Waals surface area contributed by atoms with Gasteiger partial charge in [-0.05, 0) is 12.8 Å². The Kier molecular flexibility index (Phi) is 2.43. The second-order valence-electron chi connectivity index (χ2n) is 2.04. The van der Waals surface area contributed by atoms with Crippen LogP contribution in [0.3, 0.4) is 0 Å². The predicted molar refractivity (Wildman–Crippen MR) is 32.0 cm³/mol. The van der Waals surface area contributed by atoms with Crippen LogP contribution in [0.25, 0.3) is 0 Å². The number of aliphatic imine (C=N–C) groups is 1. The van der Waals surface area contributed by atoms with Crippen LogP contribution >= 0.6 is 0 Å². The molecule has 1 fully saturated rings. The summed E-state index contributed by atoms with van der Waals surface area (Å²) in [5.41, 5.74) is 0. The van der Waals surface area contributed by atoms with Crippen molar-refractivity contribution in [3.8, 4) is 0 Å². The highest BCUT2D eigenvalue weighted by atomic mass is 16.5. The van der Waals surface area contributed by atoms with Crippen molar-refractivity contribution >= 4 is 6.08 Å². The van der Waals surface area contributed by atoms with Crippen molar-refractivity contribution in [3.05, 3.63) is 0 Å². The Hall–Kier alpha value is -0.660. The van der Waals surface area contributed by atoms with Gasteiger partial charge in [-0.1, -0.05) is 0 Å². The number of ether oxygens (including phenoxy) is 1. The molecule has 1 rings (SSSR count). The Morgan fingerprint density at radius 1 is 1.67 bits per heavy atom. The summed E-state index contributed by atoms with van der Waals surface area (Å²) in [5.74, 6) is 0.